The van der Waals surface area contributed by atoms with Gasteiger partial charge in [0, 0.05) is 17.8 Å². The van der Waals surface area contributed by atoms with E-state index in [-0.39, 0.29) is 22.9 Å². The molecule has 1 N–H and O–H groups in total. The fourth-order valence-corrected chi connectivity index (χ4v) is 3.54. The summed E-state index contributed by atoms with van der Waals surface area (Å²) in [7, 11) is -0.960. The molecule has 1 heterocycles. The lowest BCUT2D eigenvalue weighted by molar-refractivity contribution is 0.354. The Morgan fingerprint density at radius 3 is 2.56 bits per heavy atom. The number of benzene rings is 2. The molecule has 7 nitrogen and oxygen atoms in total. The highest BCUT2D eigenvalue weighted by Gasteiger charge is 2.18. The number of hydrogen-bond donors (Lipinski definition) is 1. The fourth-order valence-electron chi connectivity index (χ4n) is 2.50. The molecule has 27 heavy (non-hydrogen) atoms. The van der Waals surface area contributed by atoms with E-state index in [1.54, 1.807) is 18.2 Å². The van der Waals surface area contributed by atoms with E-state index in [1.165, 1.54) is 55.6 Å². The molecule has 2 aromatic carbocycles. The minimum Gasteiger partial charge on any atom is -0.493 e. The van der Waals surface area contributed by atoms with Crippen LogP contribution >= 0.6 is 0 Å². The SMILES string of the molecule is COc1ccc(S(=O)(=O)Nc2cnn(Cc3ccccc3F)c2)cc1OC. The van der Waals surface area contributed by atoms with Crippen LogP contribution < -0.4 is 14.2 Å². The molecular formula is C18H18FN3O4S. The van der Waals surface area contributed by atoms with Crippen LogP contribution in [0.15, 0.2) is 59.8 Å². The van der Waals surface area contributed by atoms with Gasteiger partial charge in [0.25, 0.3) is 10.0 Å². The smallest absolute Gasteiger partial charge is 0.262 e. The molecule has 0 aliphatic rings. The third kappa shape index (κ3) is 4.20. The van der Waals surface area contributed by atoms with Crippen LogP contribution in [-0.4, -0.2) is 32.4 Å². The fraction of sp³-hybridized carbons (Fsp3) is 0.167. The molecule has 1 aromatic heterocycles. The van der Waals surface area contributed by atoms with Crippen molar-refractivity contribution in [1.29, 1.82) is 0 Å². The molecule has 0 unspecified atom stereocenters. The third-order valence-corrected chi connectivity index (χ3v) is 5.22. The van der Waals surface area contributed by atoms with E-state index in [2.05, 4.69) is 9.82 Å². The molecule has 9 heteroatoms. The number of methoxy groups -OCH3 is 2. The second-order valence-electron chi connectivity index (χ2n) is 5.64. The van der Waals surface area contributed by atoms with Crippen LogP contribution in [0, 0.1) is 5.82 Å². The zero-order chi connectivity index (χ0) is 19.4. The van der Waals surface area contributed by atoms with Crippen LogP contribution in [0.4, 0.5) is 10.1 Å². The van der Waals surface area contributed by atoms with E-state index in [1.807, 2.05) is 0 Å². The number of nitrogens with zero attached hydrogens (tertiary/aromatic N) is 2. The van der Waals surface area contributed by atoms with Crippen molar-refractivity contribution in [3.05, 3.63) is 66.2 Å². The number of nitrogens with one attached hydrogen (secondary N) is 1. The van der Waals surface area contributed by atoms with Gasteiger partial charge < -0.3 is 9.47 Å². The summed E-state index contributed by atoms with van der Waals surface area (Å²) in [5.41, 5.74) is 0.719. The summed E-state index contributed by atoms with van der Waals surface area (Å²) in [6.07, 6.45) is 2.85. The molecule has 3 aromatic rings. The molecule has 3 rings (SSSR count). The molecular weight excluding hydrogens is 373 g/mol. The van der Waals surface area contributed by atoms with E-state index in [9.17, 15) is 12.8 Å². The lowest BCUT2D eigenvalue weighted by Gasteiger charge is -2.10. The van der Waals surface area contributed by atoms with E-state index in [4.69, 9.17) is 9.47 Å². The first-order valence-corrected chi connectivity index (χ1v) is 9.42. The van der Waals surface area contributed by atoms with Crippen molar-refractivity contribution >= 4 is 15.7 Å². The monoisotopic (exact) mass is 391 g/mol. The van der Waals surface area contributed by atoms with Crippen molar-refractivity contribution in [3.8, 4) is 11.5 Å². The Kier molecular flexibility index (Phi) is 5.31. The number of rotatable bonds is 7. The molecule has 0 amide bonds. The van der Waals surface area contributed by atoms with Gasteiger partial charge in [-0.3, -0.25) is 9.40 Å². The predicted molar refractivity (Wildman–Crippen MR) is 98.1 cm³/mol. The van der Waals surface area contributed by atoms with Gasteiger partial charge in [-0.05, 0) is 18.2 Å². The molecule has 0 atom stereocenters. The van der Waals surface area contributed by atoms with Gasteiger partial charge in [0.2, 0.25) is 0 Å². The normalized spacial score (nSPS) is 11.2. The largest absolute Gasteiger partial charge is 0.493 e. The summed E-state index contributed by atoms with van der Waals surface area (Å²) in [6.45, 7) is 0.185. The lowest BCUT2D eigenvalue weighted by atomic mass is 10.2. The molecule has 0 saturated heterocycles. The van der Waals surface area contributed by atoms with Gasteiger partial charge in [0.15, 0.2) is 11.5 Å². The van der Waals surface area contributed by atoms with Crippen molar-refractivity contribution in [2.75, 3.05) is 18.9 Å². The Morgan fingerprint density at radius 1 is 1.11 bits per heavy atom. The van der Waals surface area contributed by atoms with Crippen LogP contribution in [0.2, 0.25) is 0 Å². The van der Waals surface area contributed by atoms with Crippen molar-refractivity contribution in [3.63, 3.8) is 0 Å². The second kappa shape index (κ2) is 7.67. The summed E-state index contributed by atoms with van der Waals surface area (Å²) in [5.74, 6) is 0.380. The van der Waals surface area contributed by atoms with Crippen molar-refractivity contribution in [2.24, 2.45) is 0 Å². The van der Waals surface area contributed by atoms with Crippen LogP contribution in [0.3, 0.4) is 0 Å². The maximum Gasteiger partial charge on any atom is 0.262 e. The molecule has 0 radical (unpaired) electrons. The first kappa shape index (κ1) is 18.7. The molecule has 142 valence electrons. The van der Waals surface area contributed by atoms with E-state index in [0.717, 1.165) is 0 Å². The number of halogens is 1. The molecule has 0 saturated carbocycles. The Bertz CT molecular complexity index is 1050. The molecule has 0 aliphatic carbocycles. The molecule has 0 bridgehead atoms. The molecule has 0 fully saturated rings. The maximum atomic E-state index is 13.7. The first-order valence-electron chi connectivity index (χ1n) is 7.93. The summed E-state index contributed by atoms with van der Waals surface area (Å²) < 4.78 is 53.0. The predicted octanol–water partition coefficient (Wildman–Crippen LogP) is 2.89. The molecule has 0 aliphatic heterocycles. The quantitative estimate of drug-likeness (QED) is 0.670. The van der Waals surface area contributed by atoms with E-state index >= 15 is 0 Å². The first-order chi connectivity index (χ1) is 12.9. The third-order valence-electron chi connectivity index (χ3n) is 3.84. The van der Waals surface area contributed by atoms with Crippen molar-refractivity contribution < 1.29 is 22.3 Å². The molecule has 0 spiro atoms. The summed E-state index contributed by atoms with van der Waals surface area (Å²) >= 11 is 0. The van der Waals surface area contributed by atoms with Gasteiger partial charge in [-0.1, -0.05) is 18.2 Å². The zero-order valence-electron chi connectivity index (χ0n) is 14.7. The van der Waals surface area contributed by atoms with Gasteiger partial charge in [0.1, 0.15) is 5.82 Å². The Labute approximate surface area is 156 Å². The van der Waals surface area contributed by atoms with E-state index < -0.39 is 10.0 Å². The van der Waals surface area contributed by atoms with Gasteiger partial charge in [-0.2, -0.15) is 5.10 Å². The highest BCUT2D eigenvalue weighted by atomic mass is 32.2. The second-order valence-corrected chi connectivity index (χ2v) is 7.32. The van der Waals surface area contributed by atoms with Crippen LogP contribution in [-0.2, 0) is 16.6 Å². The standard InChI is InChI=1S/C18H18FN3O4S/c1-25-17-8-7-15(9-18(17)26-2)27(23,24)21-14-10-20-22(12-14)11-13-5-3-4-6-16(13)19/h3-10,12,21H,11H2,1-2H3. The number of anilines is 1. The summed E-state index contributed by atoms with van der Waals surface area (Å²) in [6, 6.07) is 10.6. The highest BCUT2D eigenvalue weighted by molar-refractivity contribution is 7.92. The van der Waals surface area contributed by atoms with Crippen molar-refractivity contribution in [2.45, 2.75) is 11.4 Å². The van der Waals surface area contributed by atoms with E-state index in [0.29, 0.717) is 17.1 Å². The Balaban J connectivity index is 1.79. The van der Waals surface area contributed by atoms with Crippen LogP contribution in [0.5, 0.6) is 11.5 Å². The zero-order valence-corrected chi connectivity index (χ0v) is 15.5. The number of sulfonamides is 1. The van der Waals surface area contributed by atoms with Crippen molar-refractivity contribution in [1.82, 2.24) is 9.78 Å². The Morgan fingerprint density at radius 2 is 1.85 bits per heavy atom. The Hall–Kier alpha value is -3.07. The summed E-state index contributed by atoms with van der Waals surface area (Å²) in [5, 5.41) is 4.07. The summed E-state index contributed by atoms with van der Waals surface area (Å²) in [4.78, 5) is 0.0157. The van der Waals surface area contributed by atoms with Gasteiger partial charge in [-0.15, -0.1) is 0 Å². The van der Waals surface area contributed by atoms with Crippen LogP contribution in [0.1, 0.15) is 5.56 Å². The highest BCUT2D eigenvalue weighted by Crippen LogP contribution is 2.30. The lowest BCUT2D eigenvalue weighted by Crippen LogP contribution is -2.12. The number of aromatic nitrogens is 2. The minimum atomic E-state index is -3.85. The van der Waals surface area contributed by atoms with Gasteiger partial charge in [0.05, 0.1) is 37.5 Å². The van der Waals surface area contributed by atoms with Crippen LogP contribution in [0.25, 0.3) is 0 Å². The van der Waals surface area contributed by atoms with Gasteiger partial charge in [-0.25, -0.2) is 12.8 Å². The minimum absolute atomic E-state index is 0.0157. The van der Waals surface area contributed by atoms with Gasteiger partial charge >= 0.3 is 0 Å². The average Bonchev–Trinajstić information content (AvgIpc) is 3.09. The maximum absolute atomic E-state index is 13.7. The number of hydrogen-bond acceptors (Lipinski definition) is 5. The average molecular weight is 391 g/mol. The topological polar surface area (TPSA) is 82.5 Å². The number of ether oxygens (including phenoxy) is 2.